The van der Waals surface area contributed by atoms with E-state index < -0.39 is 28.4 Å². The maximum atomic E-state index is 12.7. The third-order valence-electron chi connectivity index (χ3n) is 5.31. The summed E-state index contributed by atoms with van der Waals surface area (Å²) in [5, 5.41) is 0. The van der Waals surface area contributed by atoms with Gasteiger partial charge in [-0.15, -0.1) is 0 Å². The van der Waals surface area contributed by atoms with Gasteiger partial charge in [0, 0.05) is 36.4 Å². The number of ketones is 1. The van der Waals surface area contributed by atoms with Crippen molar-refractivity contribution in [3.63, 3.8) is 0 Å². The van der Waals surface area contributed by atoms with Crippen LogP contribution in [-0.4, -0.2) is 58.4 Å². The van der Waals surface area contributed by atoms with Crippen LogP contribution in [0.1, 0.15) is 35.2 Å². The fourth-order valence-corrected chi connectivity index (χ4v) is 4.97. The average Bonchev–Trinajstić information content (AvgIpc) is 2.86. The first-order valence-electron chi connectivity index (χ1n) is 10.6. The number of carbonyl (C=O) groups excluding carboxylic acids is 2. The van der Waals surface area contributed by atoms with Crippen molar-refractivity contribution in [3.8, 4) is 11.5 Å². The van der Waals surface area contributed by atoms with E-state index in [0.717, 1.165) is 19.3 Å². The number of methoxy groups -OCH3 is 2. The average molecular weight is 474 g/mol. The van der Waals surface area contributed by atoms with E-state index in [-0.39, 0.29) is 10.5 Å². The molecule has 1 saturated heterocycles. The first-order chi connectivity index (χ1) is 15.8. The van der Waals surface area contributed by atoms with Crippen LogP contribution in [0.3, 0.4) is 0 Å². The zero-order valence-corrected chi connectivity index (χ0v) is 19.5. The normalized spacial score (nSPS) is 14.7. The minimum atomic E-state index is -3.56. The number of nitrogens with zero attached hydrogens (tertiary/aromatic N) is 1. The second-order valence-corrected chi connectivity index (χ2v) is 9.40. The Balaban J connectivity index is 1.57. The lowest BCUT2D eigenvalue weighted by Gasteiger charge is -2.25. The summed E-state index contributed by atoms with van der Waals surface area (Å²) in [6.45, 7) is 0.560. The van der Waals surface area contributed by atoms with Gasteiger partial charge in [-0.3, -0.25) is 4.79 Å². The van der Waals surface area contributed by atoms with Crippen molar-refractivity contribution in [1.29, 1.82) is 0 Å². The number of carbonyl (C=O) groups is 2. The topological polar surface area (TPSA) is 99.2 Å². The van der Waals surface area contributed by atoms with Crippen LogP contribution >= 0.6 is 0 Å². The molecule has 8 nitrogen and oxygen atoms in total. The molecule has 0 amide bonds. The maximum absolute atomic E-state index is 12.7. The number of hydrogen-bond donors (Lipinski definition) is 0. The molecule has 1 fully saturated rings. The second-order valence-electron chi connectivity index (χ2n) is 7.46. The molecule has 0 unspecified atom stereocenters. The molecule has 1 aliphatic rings. The fourth-order valence-electron chi connectivity index (χ4n) is 3.45. The molecule has 2 aromatic rings. The molecule has 3 rings (SSSR count). The molecule has 2 aromatic carbocycles. The molecule has 0 spiro atoms. The Bertz CT molecular complexity index is 1120. The molecule has 0 aliphatic carbocycles. The monoisotopic (exact) mass is 473 g/mol. The number of sulfonamides is 1. The minimum Gasteiger partial charge on any atom is -0.497 e. The lowest BCUT2D eigenvalue weighted by atomic mass is 10.1. The lowest BCUT2D eigenvalue weighted by molar-refractivity contribution is -0.136. The molecule has 1 aliphatic heterocycles. The zero-order valence-electron chi connectivity index (χ0n) is 18.7. The highest BCUT2D eigenvalue weighted by Crippen LogP contribution is 2.25. The quantitative estimate of drug-likeness (QED) is 0.313. The van der Waals surface area contributed by atoms with Gasteiger partial charge >= 0.3 is 5.97 Å². The second kappa shape index (κ2) is 11.1. The van der Waals surface area contributed by atoms with Crippen molar-refractivity contribution < 1.29 is 32.2 Å². The first-order valence-corrected chi connectivity index (χ1v) is 12.0. The number of hydrogen-bond acceptors (Lipinski definition) is 7. The van der Waals surface area contributed by atoms with Crippen LogP contribution in [0.2, 0.25) is 0 Å². The summed E-state index contributed by atoms with van der Waals surface area (Å²) in [4.78, 5) is 24.5. The molecule has 33 heavy (non-hydrogen) atoms. The Morgan fingerprint density at radius 1 is 0.970 bits per heavy atom. The van der Waals surface area contributed by atoms with Crippen molar-refractivity contribution in [2.45, 2.75) is 24.2 Å². The smallest absolute Gasteiger partial charge is 0.331 e. The molecule has 0 bridgehead atoms. The van der Waals surface area contributed by atoms with E-state index in [1.807, 2.05) is 0 Å². The van der Waals surface area contributed by atoms with E-state index in [9.17, 15) is 18.0 Å². The number of benzene rings is 2. The lowest BCUT2D eigenvalue weighted by Crippen LogP contribution is -2.35. The van der Waals surface area contributed by atoms with Crippen molar-refractivity contribution in [2.75, 3.05) is 33.9 Å². The molecule has 0 radical (unpaired) electrons. The van der Waals surface area contributed by atoms with E-state index in [1.54, 1.807) is 25.3 Å². The largest absolute Gasteiger partial charge is 0.497 e. The number of rotatable bonds is 9. The summed E-state index contributed by atoms with van der Waals surface area (Å²) in [6.07, 6.45) is 5.44. The molecule has 0 aromatic heterocycles. The molecule has 9 heteroatoms. The van der Waals surface area contributed by atoms with Gasteiger partial charge in [-0.2, -0.15) is 4.31 Å². The highest BCUT2D eigenvalue weighted by molar-refractivity contribution is 7.89. The van der Waals surface area contributed by atoms with Crippen molar-refractivity contribution in [3.05, 3.63) is 59.7 Å². The van der Waals surface area contributed by atoms with E-state index in [0.29, 0.717) is 30.2 Å². The number of Topliss-reactive ketones (excluding diaryl/α,β-unsaturated/α-hetero) is 1. The third kappa shape index (κ3) is 6.21. The predicted octanol–water partition coefficient (Wildman–Crippen LogP) is 3.32. The molecule has 176 valence electrons. The number of esters is 1. The third-order valence-corrected chi connectivity index (χ3v) is 7.23. The highest BCUT2D eigenvalue weighted by Gasteiger charge is 2.26. The van der Waals surface area contributed by atoms with Crippen molar-refractivity contribution in [1.82, 2.24) is 4.31 Å². The van der Waals surface area contributed by atoms with Crippen LogP contribution in [0.15, 0.2) is 53.4 Å². The van der Waals surface area contributed by atoms with Gasteiger partial charge in [0.05, 0.1) is 19.1 Å². The van der Waals surface area contributed by atoms with Gasteiger partial charge in [0.1, 0.15) is 11.5 Å². The fraction of sp³-hybridized carbons (Fsp3) is 0.333. The van der Waals surface area contributed by atoms with E-state index in [1.165, 1.54) is 47.8 Å². The van der Waals surface area contributed by atoms with Gasteiger partial charge in [-0.05, 0) is 55.3 Å². The van der Waals surface area contributed by atoms with Crippen LogP contribution in [0, 0.1) is 0 Å². The SMILES string of the molecule is COc1ccc(C=CC(=O)OCC(=O)c2ccc(S(=O)(=O)N3CCCCC3)cc2)c(OC)c1. The van der Waals surface area contributed by atoms with Gasteiger partial charge in [-0.25, -0.2) is 13.2 Å². The van der Waals surface area contributed by atoms with Gasteiger partial charge in [-0.1, -0.05) is 6.42 Å². The van der Waals surface area contributed by atoms with Crippen LogP contribution in [0.25, 0.3) is 6.08 Å². The molecule has 0 saturated carbocycles. The summed E-state index contributed by atoms with van der Waals surface area (Å²) in [5.74, 6) is 0.0206. The van der Waals surface area contributed by atoms with Crippen molar-refractivity contribution >= 4 is 27.9 Å². The van der Waals surface area contributed by atoms with Crippen LogP contribution in [0.4, 0.5) is 0 Å². The highest BCUT2D eigenvalue weighted by atomic mass is 32.2. The number of ether oxygens (including phenoxy) is 3. The molecule has 0 N–H and O–H groups in total. The van der Waals surface area contributed by atoms with Gasteiger partial charge < -0.3 is 14.2 Å². The summed E-state index contributed by atoms with van der Waals surface area (Å²) >= 11 is 0. The zero-order chi connectivity index (χ0) is 23.8. The molecule has 1 heterocycles. The molecule has 0 atom stereocenters. The Kier molecular flexibility index (Phi) is 8.24. The van der Waals surface area contributed by atoms with E-state index in [2.05, 4.69) is 0 Å². The summed E-state index contributed by atoms with van der Waals surface area (Å²) < 4.78 is 42.3. The predicted molar refractivity (Wildman–Crippen MR) is 123 cm³/mol. The standard InChI is InChI=1S/C24H27NO7S/c1-30-20-10-6-19(23(16-20)31-2)9-13-24(27)32-17-22(26)18-7-11-21(12-8-18)33(28,29)25-14-4-3-5-15-25/h6-13,16H,3-5,14-15,17H2,1-2H3. The Labute approximate surface area is 193 Å². The summed E-state index contributed by atoms with van der Waals surface area (Å²) in [6, 6.07) is 10.8. The summed E-state index contributed by atoms with van der Waals surface area (Å²) in [5.41, 5.74) is 0.910. The van der Waals surface area contributed by atoms with E-state index >= 15 is 0 Å². The van der Waals surface area contributed by atoms with Crippen LogP contribution < -0.4 is 9.47 Å². The Morgan fingerprint density at radius 2 is 1.67 bits per heavy atom. The number of piperidine rings is 1. The summed E-state index contributed by atoms with van der Waals surface area (Å²) in [7, 11) is -0.517. The molecular formula is C24H27NO7S. The van der Waals surface area contributed by atoms with Crippen LogP contribution in [0.5, 0.6) is 11.5 Å². The Hall–Kier alpha value is -3.17. The minimum absolute atomic E-state index is 0.148. The first kappa shape index (κ1) is 24.5. The molecular weight excluding hydrogens is 446 g/mol. The van der Waals surface area contributed by atoms with Crippen molar-refractivity contribution in [2.24, 2.45) is 0 Å². The maximum Gasteiger partial charge on any atom is 0.331 e. The Morgan fingerprint density at radius 3 is 2.30 bits per heavy atom. The van der Waals surface area contributed by atoms with Gasteiger partial charge in [0.15, 0.2) is 12.4 Å². The van der Waals surface area contributed by atoms with Crippen LogP contribution in [-0.2, 0) is 19.6 Å². The van der Waals surface area contributed by atoms with Gasteiger partial charge in [0.2, 0.25) is 10.0 Å². The van der Waals surface area contributed by atoms with Gasteiger partial charge in [0.25, 0.3) is 0 Å². The van der Waals surface area contributed by atoms with E-state index in [4.69, 9.17) is 14.2 Å².